The third-order valence-electron chi connectivity index (χ3n) is 3.64. The standard InChI is InChI=1S/C15H23ClN2O2S/c1-11(2)17-9-13-8-14(6-7-15(13)16)21(19,20)18(3)10-12-4-5-12/h6-8,11-12,17H,4-5,9-10H2,1-3H3. The van der Waals surface area contributed by atoms with E-state index in [0.29, 0.717) is 35.0 Å². The number of nitrogens with one attached hydrogen (secondary N) is 1. The Morgan fingerprint density at radius 1 is 1.38 bits per heavy atom. The second-order valence-electron chi connectivity index (χ2n) is 6.02. The van der Waals surface area contributed by atoms with Crippen LogP contribution in [0.4, 0.5) is 0 Å². The van der Waals surface area contributed by atoms with Crippen LogP contribution in [0, 0.1) is 5.92 Å². The summed E-state index contributed by atoms with van der Waals surface area (Å²) in [5.41, 5.74) is 0.811. The van der Waals surface area contributed by atoms with Crippen LogP contribution in [0.3, 0.4) is 0 Å². The van der Waals surface area contributed by atoms with E-state index in [1.165, 1.54) is 4.31 Å². The minimum atomic E-state index is -3.42. The van der Waals surface area contributed by atoms with Crippen LogP contribution in [0.5, 0.6) is 0 Å². The van der Waals surface area contributed by atoms with Crippen molar-refractivity contribution >= 4 is 21.6 Å². The first-order chi connectivity index (χ1) is 9.80. The first-order valence-electron chi connectivity index (χ1n) is 7.29. The molecule has 1 N–H and O–H groups in total. The van der Waals surface area contributed by atoms with Gasteiger partial charge in [0.1, 0.15) is 0 Å². The molecular formula is C15H23ClN2O2S. The number of rotatable bonds is 7. The van der Waals surface area contributed by atoms with Crippen molar-refractivity contribution in [1.82, 2.24) is 9.62 Å². The van der Waals surface area contributed by atoms with Crippen molar-refractivity contribution in [2.45, 2.75) is 44.2 Å². The van der Waals surface area contributed by atoms with Gasteiger partial charge in [-0.05, 0) is 42.5 Å². The highest BCUT2D eigenvalue weighted by molar-refractivity contribution is 7.89. The summed E-state index contributed by atoms with van der Waals surface area (Å²) >= 11 is 6.16. The van der Waals surface area contributed by atoms with E-state index in [-0.39, 0.29) is 0 Å². The highest BCUT2D eigenvalue weighted by Crippen LogP contribution is 2.31. The molecule has 0 saturated heterocycles. The van der Waals surface area contributed by atoms with Gasteiger partial charge in [-0.25, -0.2) is 12.7 Å². The molecule has 0 bridgehead atoms. The summed E-state index contributed by atoms with van der Waals surface area (Å²) in [5.74, 6) is 0.527. The summed E-state index contributed by atoms with van der Waals surface area (Å²) in [6, 6.07) is 5.24. The van der Waals surface area contributed by atoms with Crippen LogP contribution in [0.2, 0.25) is 5.02 Å². The lowest BCUT2D eigenvalue weighted by molar-refractivity contribution is 0.452. The molecule has 0 unspecified atom stereocenters. The Morgan fingerprint density at radius 3 is 2.62 bits per heavy atom. The zero-order chi connectivity index (χ0) is 15.6. The number of halogens is 1. The van der Waals surface area contributed by atoms with Crippen LogP contribution in [0.15, 0.2) is 23.1 Å². The van der Waals surface area contributed by atoms with Gasteiger partial charge in [-0.15, -0.1) is 0 Å². The van der Waals surface area contributed by atoms with Crippen LogP contribution in [-0.2, 0) is 16.6 Å². The largest absolute Gasteiger partial charge is 0.310 e. The molecule has 1 aliphatic rings. The van der Waals surface area contributed by atoms with E-state index in [0.717, 1.165) is 18.4 Å². The van der Waals surface area contributed by atoms with Crippen LogP contribution < -0.4 is 5.32 Å². The number of hydrogen-bond acceptors (Lipinski definition) is 3. The minimum absolute atomic E-state index is 0.315. The van der Waals surface area contributed by atoms with Crippen LogP contribution in [-0.4, -0.2) is 32.4 Å². The first-order valence-corrected chi connectivity index (χ1v) is 9.10. The summed E-state index contributed by atoms with van der Waals surface area (Å²) in [5, 5.41) is 3.85. The van der Waals surface area contributed by atoms with E-state index in [1.54, 1.807) is 25.2 Å². The van der Waals surface area contributed by atoms with Gasteiger partial charge in [-0.1, -0.05) is 25.4 Å². The Morgan fingerprint density at radius 2 is 2.05 bits per heavy atom. The topological polar surface area (TPSA) is 49.4 Å². The second-order valence-corrected chi connectivity index (χ2v) is 8.47. The van der Waals surface area contributed by atoms with Crippen molar-refractivity contribution in [3.8, 4) is 0 Å². The van der Waals surface area contributed by atoms with Gasteiger partial charge < -0.3 is 5.32 Å². The van der Waals surface area contributed by atoms with E-state index in [9.17, 15) is 8.42 Å². The van der Waals surface area contributed by atoms with E-state index < -0.39 is 10.0 Å². The van der Waals surface area contributed by atoms with Crippen molar-refractivity contribution in [2.24, 2.45) is 5.92 Å². The minimum Gasteiger partial charge on any atom is -0.310 e. The molecule has 1 aromatic carbocycles. The van der Waals surface area contributed by atoms with Crippen molar-refractivity contribution in [2.75, 3.05) is 13.6 Å². The Balaban J connectivity index is 2.19. The molecule has 1 aromatic rings. The van der Waals surface area contributed by atoms with Gasteiger partial charge in [0.15, 0.2) is 0 Å². The van der Waals surface area contributed by atoms with Gasteiger partial charge in [0.2, 0.25) is 10.0 Å². The van der Waals surface area contributed by atoms with Crippen molar-refractivity contribution in [3.63, 3.8) is 0 Å². The molecule has 0 atom stereocenters. The predicted molar refractivity (Wildman–Crippen MR) is 86.0 cm³/mol. The molecule has 1 saturated carbocycles. The van der Waals surface area contributed by atoms with E-state index in [4.69, 9.17) is 11.6 Å². The predicted octanol–water partition coefficient (Wildman–Crippen LogP) is 2.87. The lowest BCUT2D eigenvalue weighted by atomic mass is 10.2. The molecule has 0 aromatic heterocycles. The van der Waals surface area contributed by atoms with E-state index in [1.807, 2.05) is 13.8 Å². The molecule has 2 rings (SSSR count). The fourth-order valence-corrected chi connectivity index (χ4v) is 3.59. The molecule has 1 fully saturated rings. The van der Waals surface area contributed by atoms with E-state index in [2.05, 4.69) is 5.32 Å². The molecule has 1 aliphatic carbocycles. The van der Waals surface area contributed by atoms with Gasteiger partial charge in [0.25, 0.3) is 0 Å². The molecule has 0 spiro atoms. The number of nitrogens with zero attached hydrogens (tertiary/aromatic N) is 1. The van der Waals surface area contributed by atoms with Crippen LogP contribution in [0.1, 0.15) is 32.3 Å². The fraction of sp³-hybridized carbons (Fsp3) is 0.600. The molecule has 6 heteroatoms. The van der Waals surface area contributed by atoms with Gasteiger partial charge in [-0.2, -0.15) is 0 Å². The lowest BCUT2D eigenvalue weighted by Crippen LogP contribution is -2.29. The highest BCUT2D eigenvalue weighted by atomic mass is 35.5. The molecule has 0 radical (unpaired) electrons. The Hall–Kier alpha value is -0.620. The quantitative estimate of drug-likeness (QED) is 0.836. The van der Waals surface area contributed by atoms with Crippen molar-refractivity contribution in [1.29, 1.82) is 0 Å². The summed E-state index contributed by atoms with van der Waals surface area (Å²) in [4.78, 5) is 0.315. The normalized spacial score (nSPS) is 15.9. The smallest absolute Gasteiger partial charge is 0.242 e. The highest BCUT2D eigenvalue weighted by Gasteiger charge is 2.29. The van der Waals surface area contributed by atoms with Crippen molar-refractivity contribution < 1.29 is 8.42 Å². The summed E-state index contributed by atoms with van der Waals surface area (Å²) < 4.78 is 26.6. The van der Waals surface area contributed by atoms with Gasteiger partial charge >= 0.3 is 0 Å². The molecule has 21 heavy (non-hydrogen) atoms. The Kier molecular flexibility index (Phi) is 5.30. The third-order valence-corrected chi connectivity index (χ3v) is 5.83. The molecule has 4 nitrogen and oxygen atoms in total. The van der Waals surface area contributed by atoms with Gasteiger partial charge in [0, 0.05) is 31.2 Å². The van der Waals surface area contributed by atoms with Crippen LogP contribution in [0.25, 0.3) is 0 Å². The van der Waals surface area contributed by atoms with Gasteiger partial charge in [0.05, 0.1) is 4.90 Å². The maximum absolute atomic E-state index is 12.6. The molecule has 118 valence electrons. The SMILES string of the molecule is CC(C)NCc1cc(S(=O)(=O)N(C)CC2CC2)ccc1Cl. The maximum atomic E-state index is 12.6. The first kappa shape index (κ1) is 16.7. The molecule has 0 heterocycles. The molecule has 0 amide bonds. The molecular weight excluding hydrogens is 308 g/mol. The fourth-order valence-electron chi connectivity index (χ4n) is 2.10. The summed E-state index contributed by atoms with van der Waals surface area (Å²) in [6.07, 6.45) is 2.26. The maximum Gasteiger partial charge on any atom is 0.242 e. The third kappa shape index (κ3) is 4.42. The number of sulfonamides is 1. The Bertz CT molecular complexity index is 598. The lowest BCUT2D eigenvalue weighted by Gasteiger charge is -2.18. The van der Waals surface area contributed by atoms with E-state index >= 15 is 0 Å². The second kappa shape index (κ2) is 6.65. The van der Waals surface area contributed by atoms with Crippen molar-refractivity contribution in [3.05, 3.63) is 28.8 Å². The number of benzene rings is 1. The zero-order valence-corrected chi connectivity index (χ0v) is 14.3. The zero-order valence-electron chi connectivity index (χ0n) is 12.8. The van der Waals surface area contributed by atoms with Crippen LogP contribution >= 0.6 is 11.6 Å². The Labute approximate surface area is 132 Å². The van der Waals surface area contributed by atoms with Gasteiger partial charge in [-0.3, -0.25) is 0 Å². The summed E-state index contributed by atoms with van der Waals surface area (Å²) in [7, 11) is -1.78. The monoisotopic (exact) mass is 330 g/mol. The summed E-state index contributed by atoms with van der Waals surface area (Å²) in [6.45, 7) is 5.24. The average Bonchev–Trinajstić information content (AvgIpc) is 3.21. The number of hydrogen-bond donors (Lipinski definition) is 1. The average molecular weight is 331 g/mol. The molecule has 0 aliphatic heterocycles.